The van der Waals surface area contributed by atoms with Crippen LogP contribution in [0.25, 0.3) is 0 Å². The third-order valence-electron chi connectivity index (χ3n) is 4.64. The summed E-state index contributed by atoms with van der Waals surface area (Å²) in [7, 11) is 0. The average Bonchev–Trinajstić information content (AvgIpc) is 2.79. The van der Waals surface area contributed by atoms with Gasteiger partial charge in [0.25, 0.3) is 0 Å². The van der Waals surface area contributed by atoms with E-state index in [0.717, 1.165) is 19.1 Å². The summed E-state index contributed by atoms with van der Waals surface area (Å²) in [6, 6.07) is 0.588. The second kappa shape index (κ2) is 6.19. The Morgan fingerprint density at radius 2 is 2.00 bits per heavy atom. The molecule has 1 saturated heterocycles. The molecule has 0 bridgehead atoms. The molecule has 2 nitrogen and oxygen atoms in total. The van der Waals surface area contributed by atoms with E-state index in [2.05, 4.69) is 19.2 Å². The first kappa shape index (κ1) is 13.4. The van der Waals surface area contributed by atoms with E-state index >= 15 is 0 Å². The molecule has 100 valence electrons. The topological polar surface area (TPSA) is 21.3 Å². The maximum absolute atomic E-state index is 6.09. The van der Waals surface area contributed by atoms with Crippen LogP contribution in [-0.4, -0.2) is 24.8 Å². The molecule has 2 fully saturated rings. The fourth-order valence-corrected chi connectivity index (χ4v) is 3.69. The molecule has 1 saturated carbocycles. The number of rotatable bonds is 5. The lowest BCUT2D eigenvalue weighted by atomic mass is 9.76. The van der Waals surface area contributed by atoms with Gasteiger partial charge in [-0.25, -0.2) is 0 Å². The molecule has 1 aliphatic carbocycles. The molecular formula is C15H29NO. The molecule has 1 aliphatic heterocycles. The third-order valence-corrected chi connectivity index (χ3v) is 4.64. The van der Waals surface area contributed by atoms with E-state index < -0.39 is 0 Å². The van der Waals surface area contributed by atoms with Gasteiger partial charge >= 0.3 is 0 Å². The van der Waals surface area contributed by atoms with E-state index in [0.29, 0.717) is 6.04 Å². The maximum atomic E-state index is 6.09. The summed E-state index contributed by atoms with van der Waals surface area (Å²) in [5.41, 5.74) is 0.108. The van der Waals surface area contributed by atoms with Crippen LogP contribution in [0.15, 0.2) is 0 Å². The molecule has 2 heteroatoms. The van der Waals surface area contributed by atoms with Crippen molar-refractivity contribution < 1.29 is 4.74 Å². The van der Waals surface area contributed by atoms with E-state index in [1.165, 1.54) is 51.4 Å². The molecule has 0 amide bonds. The lowest BCUT2D eigenvalue weighted by Gasteiger charge is -2.41. The normalized spacial score (nSPS) is 32.8. The highest BCUT2D eigenvalue weighted by molar-refractivity contribution is 4.97. The van der Waals surface area contributed by atoms with Gasteiger partial charge in [0.05, 0.1) is 5.60 Å². The van der Waals surface area contributed by atoms with Crippen molar-refractivity contribution in [2.45, 2.75) is 76.9 Å². The van der Waals surface area contributed by atoms with E-state index in [1.54, 1.807) is 0 Å². The van der Waals surface area contributed by atoms with Crippen molar-refractivity contribution in [2.24, 2.45) is 5.92 Å². The summed E-state index contributed by atoms with van der Waals surface area (Å²) in [6.07, 6.45) is 10.8. The van der Waals surface area contributed by atoms with Crippen LogP contribution in [0.4, 0.5) is 0 Å². The van der Waals surface area contributed by atoms with Crippen molar-refractivity contribution in [1.29, 1.82) is 0 Å². The van der Waals surface area contributed by atoms with Gasteiger partial charge in [-0.2, -0.15) is 0 Å². The Morgan fingerprint density at radius 1 is 1.24 bits per heavy atom. The van der Waals surface area contributed by atoms with Gasteiger partial charge < -0.3 is 10.1 Å². The fourth-order valence-electron chi connectivity index (χ4n) is 3.69. The molecule has 0 spiro atoms. The SMILES string of the molecule is CCCNC(C1CCCCC1)C1(C)CCCO1. The molecule has 0 aromatic carbocycles. The molecule has 2 aliphatic rings. The molecule has 0 radical (unpaired) electrons. The van der Waals surface area contributed by atoms with Crippen LogP contribution in [0.3, 0.4) is 0 Å². The van der Waals surface area contributed by atoms with Crippen LogP contribution < -0.4 is 5.32 Å². The van der Waals surface area contributed by atoms with Crippen LogP contribution in [0, 0.1) is 5.92 Å². The quantitative estimate of drug-likeness (QED) is 0.793. The highest BCUT2D eigenvalue weighted by Gasteiger charge is 2.42. The van der Waals surface area contributed by atoms with Crippen molar-refractivity contribution in [2.75, 3.05) is 13.2 Å². The summed E-state index contributed by atoms with van der Waals surface area (Å²) >= 11 is 0. The summed E-state index contributed by atoms with van der Waals surface area (Å²) in [5.74, 6) is 0.846. The first-order valence-electron chi connectivity index (χ1n) is 7.63. The van der Waals surface area contributed by atoms with Crippen molar-refractivity contribution in [3.8, 4) is 0 Å². The van der Waals surface area contributed by atoms with Gasteiger partial charge in [-0.15, -0.1) is 0 Å². The second-order valence-corrected chi connectivity index (χ2v) is 6.09. The van der Waals surface area contributed by atoms with Crippen LogP contribution in [-0.2, 0) is 4.74 Å². The molecule has 1 N–H and O–H groups in total. The van der Waals surface area contributed by atoms with Gasteiger partial charge in [0, 0.05) is 12.6 Å². The van der Waals surface area contributed by atoms with Gasteiger partial charge in [-0.1, -0.05) is 26.2 Å². The summed E-state index contributed by atoms with van der Waals surface area (Å²) in [4.78, 5) is 0. The zero-order valence-electron chi connectivity index (χ0n) is 11.6. The van der Waals surface area contributed by atoms with E-state index in [1.807, 2.05) is 0 Å². The Labute approximate surface area is 107 Å². The van der Waals surface area contributed by atoms with Crippen molar-refractivity contribution in [3.05, 3.63) is 0 Å². The van der Waals surface area contributed by atoms with Crippen LogP contribution in [0.1, 0.15) is 65.2 Å². The van der Waals surface area contributed by atoms with Crippen molar-refractivity contribution in [1.82, 2.24) is 5.32 Å². The number of hydrogen-bond donors (Lipinski definition) is 1. The van der Waals surface area contributed by atoms with Crippen molar-refractivity contribution >= 4 is 0 Å². The summed E-state index contributed by atoms with van der Waals surface area (Å²) in [6.45, 7) is 6.69. The number of ether oxygens (including phenoxy) is 1. The maximum Gasteiger partial charge on any atom is 0.0810 e. The van der Waals surface area contributed by atoms with Gasteiger partial charge in [0.15, 0.2) is 0 Å². The molecular weight excluding hydrogens is 210 g/mol. The highest BCUT2D eigenvalue weighted by atomic mass is 16.5. The highest BCUT2D eigenvalue weighted by Crippen LogP contribution is 2.37. The molecule has 1 heterocycles. The minimum Gasteiger partial charge on any atom is -0.374 e. The average molecular weight is 239 g/mol. The number of nitrogens with one attached hydrogen (secondary N) is 1. The van der Waals surface area contributed by atoms with Crippen LogP contribution in [0.2, 0.25) is 0 Å². The predicted molar refractivity (Wildman–Crippen MR) is 72.2 cm³/mol. The molecule has 0 aromatic rings. The van der Waals surface area contributed by atoms with Gasteiger partial charge in [-0.05, 0) is 51.5 Å². The van der Waals surface area contributed by atoms with Crippen molar-refractivity contribution in [3.63, 3.8) is 0 Å². The lowest BCUT2D eigenvalue weighted by molar-refractivity contribution is -0.0337. The fraction of sp³-hybridized carbons (Fsp3) is 1.00. The monoisotopic (exact) mass is 239 g/mol. The van der Waals surface area contributed by atoms with E-state index in [9.17, 15) is 0 Å². The Balaban J connectivity index is 2.00. The minimum absolute atomic E-state index is 0.108. The Morgan fingerprint density at radius 3 is 2.59 bits per heavy atom. The van der Waals surface area contributed by atoms with Gasteiger partial charge in [0.1, 0.15) is 0 Å². The van der Waals surface area contributed by atoms with Gasteiger partial charge in [-0.3, -0.25) is 0 Å². The molecule has 2 unspecified atom stereocenters. The largest absolute Gasteiger partial charge is 0.374 e. The van der Waals surface area contributed by atoms with Gasteiger partial charge in [0.2, 0.25) is 0 Å². The molecule has 2 atom stereocenters. The smallest absolute Gasteiger partial charge is 0.0810 e. The standard InChI is InChI=1S/C15H29NO/c1-3-11-16-14(13-8-5-4-6-9-13)15(2)10-7-12-17-15/h13-14,16H,3-12H2,1-2H3. The second-order valence-electron chi connectivity index (χ2n) is 6.09. The predicted octanol–water partition coefficient (Wildman–Crippen LogP) is 3.50. The summed E-state index contributed by atoms with van der Waals surface area (Å²) in [5, 5.41) is 3.80. The summed E-state index contributed by atoms with van der Waals surface area (Å²) < 4.78 is 6.09. The lowest BCUT2D eigenvalue weighted by Crippen LogP contribution is -2.53. The zero-order valence-corrected chi connectivity index (χ0v) is 11.6. The molecule has 2 rings (SSSR count). The zero-order chi connectivity index (χ0) is 12.1. The number of hydrogen-bond acceptors (Lipinski definition) is 2. The third kappa shape index (κ3) is 3.23. The molecule has 0 aromatic heterocycles. The first-order chi connectivity index (χ1) is 8.26. The van der Waals surface area contributed by atoms with E-state index in [-0.39, 0.29) is 5.60 Å². The van der Waals surface area contributed by atoms with Crippen LogP contribution in [0.5, 0.6) is 0 Å². The van der Waals surface area contributed by atoms with Crippen LogP contribution >= 0.6 is 0 Å². The Hall–Kier alpha value is -0.0800. The molecule has 17 heavy (non-hydrogen) atoms. The minimum atomic E-state index is 0.108. The Bertz CT molecular complexity index is 217. The first-order valence-corrected chi connectivity index (χ1v) is 7.63. The Kier molecular flexibility index (Phi) is 4.87. The van der Waals surface area contributed by atoms with E-state index in [4.69, 9.17) is 4.74 Å².